The molecule has 0 spiro atoms. The van der Waals surface area contributed by atoms with Crippen LogP contribution >= 0.6 is 0 Å². The van der Waals surface area contributed by atoms with Crippen LogP contribution in [0.3, 0.4) is 0 Å². The molecule has 0 bridgehead atoms. The van der Waals surface area contributed by atoms with Crippen molar-refractivity contribution in [1.29, 1.82) is 0 Å². The van der Waals surface area contributed by atoms with Crippen LogP contribution in [0.4, 0.5) is 13.2 Å². The molecule has 114 valence electrons. The molecule has 2 atom stereocenters. The second-order valence-electron chi connectivity index (χ2n) is 4.89. The lowest BCUT2D eigenvalue weighted by atomic mass is 10.00. The summed E-state index contributed by atoms with van der Waals surface area (Å²) in [5.74, 6) is 5.48. The fourth-order valence-electron chi connectivity index (χ4n) is 1.91. The van der Waals surface area contributed by atoms with Gasteiger partial charge >= 0.3 is 6.18 Å². The number of alkyl halides is 3. The van der Waals surface area contributed by atoms with Crippen LogP contribution in [0.15, 0.2) is 24.3 Å². The Bertz CT molecular complexity index is 392. The second kappa shape index (κ2) is 7.61. The van der Waals surface area contributed by atoms with E-state index in [9.17, 15) is 13.2 Å². The number of methoxy groups -OCH3 is 1. The van der Waals surface area contributed by atoms with Crippen LogP contribution in [0, 0.1) is 0 Å². The Morgan fingerprint density at radius 3 is 2.25 bits per heavy atom. The third-order valence-electron chi connectivity index (χ3n) is 3.32. The summed E-state index contributed by atoms with van der Waals surface area (Å²) in [6.45, 7) is 1.96. The van der Waals surface area contributed by atoms with Crippen LogP contribution in [0.5, 0.6) is 0 Å². The van der Waals surface area contributed by atoms with E-state index in [2.05, 4.69) is 5.43 Å². The van der Waals surface area contributed by atoms with Crippen molar-refractivity contribution in [3.63, 3.8) is 0 Å². The Morgan fingerprint density at radius 1 is 1.20 bits per heavy atom. The molecule has 0 heterocycles. The van der Waals surface area contributed by atoms with E-state index in [1.165, 1.54) is 12.1 Å². The largest absolute Gasteiger partial charge is 0.416 e. The van der Waals surface area contributed by atoms with Gasteiger partial charge in [-0.05, 0) is 43.9 Å². The van der Waals surface area contributed by atoms with Crippen molar-refractivity contribution in [3.05, 3.63) is 35.4 Å². The van der Waals surface area contributed by atoms with Gasteiger partial charge in [0.15, 0.2) is 0 Å². The summed E-state index contributed by atoms with van der Waals surface area (Å²) in [5.41, 5.74) is 2.89. The van der Waals surface area contributed by atoms with E-state index in [1.807, 2.05) is 6.92 Å². The number of nitrogens with one attached hydrogen (secondary N) is 1. The maximum atomic E-state index is 12.5. The Hall–Kier alpha value is -1.11. The van der Waals surface area contributed by atoms with Gasteiger partial charge in [0, 0.05) is 13.2 Å². The zero-order chi connectivity index (χ0) is 15.2. The Labute approximate surface area is 117 Å². The lowest BCUT2D eigenvalue weighted by molar-refractivity contribution is -0.137. The number of nitrogens with two attached hydrogens (primary N) is 1. The summed E-state index contributed by atoms with van der Waals surface area (Å²) < 4.78 is 42.5. The van der Waals surface area contributed by atoms with E-state index in [0.29, 0.717) is 6.42 Å². The number of hydrazine groups is 1. The van der Waals surface area contributed by atoms with Crippen LogP contribution in [0.1, 0.15) is 30.9 Å². The molecule has 3 N–H and O–H groups in total. The number of halogens is 3. The lowest BCUT2D eigenvalue weighted by Gasteiger charge is -2.18. The molecule has 0 aliphatic heterocycles. The topological polar surface area (TPSA) is 47.3 Å². The predicted octanol–water partition coefficient (Wildman–Crippen LogP) is 2.89. The molecule has 0 saturated carbocycles. The van der Waals surface area contributed by atoms with Gasteiger partial charge in [-0.15, -0.1) is 0 Å². The molecule has 0 aliphatic carbocycles. The van der Waals surface area contributed by atoms with Gasteiger partial charge in [-0.1, -0.05) is 12.1 Å². The highest BCUT2D eigenvalue weighted by Gasteiger charge is 2.29. The van der Waals surface area contributed by atoms with Crippen molar-refractivity contribution in [1.82, 2.24) is 5.43 Å². The molecule has 6 heteroatoms. The molecular formula is C14H21F3N2O. The minimum Gasteiger partial charge on any atom is -0.382 e. The molecule has 2 unspecified atom stereocenters. The normalized spacial score (nSPS) is 15.1. The zero-order valence-electron chi connectivity index (χ0n) is 11.7. The highest BCUT2D eigenvalue weighted by Crippen LogP contribution is 2.29. The number of ether oxygens (including phenoxy) is 1. The van der Waals surface area contributed by atoms with Crippen molar-refractivity contribution < 1.29 is 17.9 Å². The van der Waals surface area contributed by atoms with Gasteiger partial charge in [-0.25, -0.2) is 0 Å². The van der Waals surface area contributed by atoms with Crippen LogP contribution in [-0.4, -0.2) is 19.3 Å². The van der Waals surface area contributed by atoms with E-state index >= 15 is 0 Å². The molecule has 1 rings (SSSR count). The van der Waals surface area contributed by atoms with Gasteiger partial charge in [-0.2, -0.15) is 13.2 Å². The highest BCUT2D eigenvalue weighted by atomic mass is 19.4. The van der Waals surface area contributed by atoms with Crippen molar-refractivity contribution in [3.8, 4) is 0 Å². The van der Waals surface area contributed by atoms with Gasteiger partial charge in [0.2, 0.25) is 0 Å². The molecule has 0 radical (unpaired) electrons. The molecule has 3 nitrogen and oxygen atoms in total. The van der Waals surface area contributed by atoms with Crippen molar-refractivity contribution >= 4 is 0 Å². The van der Waals surface area contributed by atoms with Crippen LogP contribution in [-0.2, 0) is 17.3 Å². The minimum atomic E-state index is -4.29. The van der Waals surface area contributed by atoms with E-state index in [0.717, 1.165) is 30.5 Å². The number of benzene rings is 1. The maximum Gasteiger partial charge on any atom is 0.416 e. The smallest absolute Gasteiger partial charge is 0.382 e. The summed E-state index contributed by atoms with van der Waals surface area (Å²) in [4.78, 5) is 0. The van der Waals surface area contributed by atoms with E-state index in [-0.39, 0.29) is 12.1 Å². The van der Waals surface area contributed by atoms with E-state index < -0.39 is 11.7 Å². The SMILES string of the molecule is COC(C)CCC(Cc1ccc(C(F)(F)F)cc1)NN. The molecule has 0 aromatic heterocycles. The van der Waals surface area contributed by atoms with Crippen molar-refractivity contribution in [2.24, 2.45) is 5.84 Å². The molecule has 0 aliphatic rings. The van der Waals surface area contributed by atoms with Gasteiger partial charge < -0.3 is 4.74 Å². The van der Waals surface area contributed by atoms with Crippen molar-refractivity contribution in [2.75, 3.05) is 7.11 Å². The summed E-state index contributed by atoms with van der Waals surface area (Å²) >= 11 is 0. The number of rotatable bonds is 7. The van der Waals surface area contributed by atoms with Crippen molar-refractivity contribution in [2.45, 2.75) is 44.5 Å². The third-order valence-corrected chi connectivity index (χ3v) is 3.32. The first-order chi connectivity index (χ1) is 9.36. The highest BCUT2D eigenvalue weighted by molar-refractivity contribution is 5.25. The van der Waals surface area contributed by atoms with E-state index in [4.69, 9.17) is 10.6 Å². The summed E-state index contributed by atoms with van der Waals surface area (Å²) in [6, 6.07) is 5.20. The Kier molecular flexibility index (Phi) is 6.45. The van der Waals surface area contributed by atoms with Crippen LogP contribution in [0.2, 0.25) is 0 Å². The average Bonchev–Trinajstić information content (AvgIpc) is 2.42. The summed E-state index contributed by atoms with van der Waals surface area (Å²) in [7, 11) is 1.64. The quantitative estimate of drug-likeness (QED) is 0.599. The predicted molar refractivity (Wildman–Crippen MR) is 72.0 cm³/mol. The minimum absolute atomic E-state index is 0.0179. The molecule has 0 fully saturated rings. The van der Waals surface area contributed by atoms with Gasteiger partial charge in [0.1, 0.15) is 0 Å². The second-order valence-corrected chi connectivity index (χ2v) is 4.89. The molecular weight excluding hydrogens is 269 g/mol. The molecule has 1 aromatic carbocycles. The fourth-order valence-corrected chi connectivity index (χ4v) is 1.91. The summed E-state index contributed by atoms with van der Waals surface area (Å²) in [6.07, 6.45) is -1.93. The maximum absolute atomic E-state index is 12.5. The average molecular weight is 290 g/mol. The molecule has 20 heavy (non-hydrogen) atoms. The first-order valence-electron chi connectivity index (χ1n) is 6.52. The number of hydrogen-bond acceptors (Lipinski definition) is 3. The number of hydrogen-bond donors (Lipinski definition) is 2. The van der Waals surface area contributed by atoms with Gasteiger partial charge in [-0.3, -0.25) is 11.3 Å². The molecule has 0 amide bonds. The molecule has 0 saturated heterocycles. The third kappa shape index (κ3) is 5.48. The van der Waals surface area contributed by atoms with E-state index in [1.54, 1.807) is 7.11 Å². The standard InChI is InChI=1S/C14H21F3N2O/c1-10(20-2)3-8-13(19-18)9-11-4-6-12(7-5-11)14(15,16)17/h4-7,10,13,19H,3,8-9,18H2,1-2H3. The lowest BCUT2D eigenvalue weighted by Crippen LogP contribution is -2.37. The van der Waals surface area contributed by atoms with Gasteiger partial charge in [0.25, 0.3) is 0 Å². The Morgan fingerprint density at radius 2 is 1.80 bits per heavy atom. The first kappa shape index (κ1) is 16.9. The van der Waals surface area contributed by atoms with Crippen LogP contribution < -0.4 is 11.3 Å². The zero-order valence-corrected chi connectivity index (χ0v) is 11.7. The van der Waals surface area contributed by atoms with Crippen LogP contribution in [0.25, 0.3) is 0 Å². The Balaban J connectivity index is 2.57. The monoisotopic (exact) mass is 290 g/mol. The fraction of sp³-hybridized carbons (Fsp3) is 0.571. The van der Waals surface area contributed by atoms with Gasteiger partial charge in [0.05, 0.1) is 11.7 Å². The summed E-state index contributed by atoms with van der Waals surface area (Å²) in [5, 5.41) is 0. The molecule has 1 aromatic rings. The first-order valence-corrected chi connectivity index (χ1v) is 6.52.